The van der Waals surface area contributed by atoms with Crippen molar-refractivity contribution in [3.8, 4) is 11.1 Å². The van der Waals surface area contributed by atoms with E-state index < -0.39 is 0 Å². The Morgan fingerprint density at radius 1 is 1.13 bits per heavy atom. The minimum atomic E-state index is -0.0241. The summed E-state index contributed by atoms with van der Waals surface area (Å²) in [4.78, 5) is 30.6. The van der Waals surface area contributed by atoms with E-state index >= 15 is 0 Å². The molecular formula is C29H38ClN7O2. The standard InChI is InChI=1S/C29H38ClN7O2/c1-7-25(39)34-10-8-21(9-11-34)37-19(5)26(27-22-15-31-32-23(22)14-18(4)28(27)30)29(33-37)36-13-12-35(20(6)38)16-24(36)17(2)3/h7,14-15,17,21,24H,1,8-13,16H2,2-6H3,(H,31,32)/t24-/m1/s1. The quantitative estimate of drug-likeness (QED) is 0.463. The smallest absolute Gasteiger partial charge is 0.245 e. The Labute approximate surface area is 234 Å². The molecule has 9 nitrogen and oxygen atoms in total. The van der Waals surface area contributed by atoms with Crippen LogP contribution in [0.15, 0.2) is 24.9 Å². The molecule has 2 aliphatic rings. The number of piperidine rings is 1. The Morgan fingerprint density at radius 3 is 2.49 bits per heavy atom. The number of hydrogen-bond acceptors (Lipinski definition) is 5. The summed E-state index contributed by atoms with van der Waals surface area (Å²) in [6, 6.07) is 2.30. The molecule has 1 aromatic carbocycles. The average Bonchev–Trinajstić information content (AvgIpc) is 3.52. The molecule has 0 spiro atoms. The van der Waals surface area contributed by atoms with Crippen molar-refractivity contribution in [2.75, 3.05) is 37.6 Å². The van der Waals surface area contributed by atoms with Gasteiger partial charge < -0.3 is 14.7 Å². The number of benzene rings is 1. The summed E-state index contributed by atoms with van der Waals surface area (Å²) in [5.41, 5.74) is 4.91. The van der Waals surface area contributed by atoms with Gasteiger partial charge in [0.25, 0.3) is 0 Å². The van der Waals surface area contributed by atoms with Gasteiger partial charge in [-0.15, -0.1) is 0 Å². The van der Waals surface area contributed by atoms with Crippen LogP contribution in [0.3, 0.4) is 0 Å². The fraction of sp³-hybridized carbons (Fsp3) is 0.517. The van der Waals surface area contributed by atoms with Crippen molar-refractivity contribution in [3.05, 3.63) is 41.2 Å². The lowest BCUT2D eigenvalue weighted by molar-refractivity contribution is -0.130. The Bertz CT molecular complexity index is 1420. The van der Waals surface area contributed by atoms with Crippen molar-refractivity contribution in [1.29, 1.82) is 0 Å². The van der Waals surface area contributed by atoms with Crippen LogP contribution in [0.1, 0.15) is 50.9 Å². The molecule has 5 rings (SSSR count). The number of anilines is 1. The first-order chi connectivity index (χ1) is 18.6. The number of aromatic amines is 1. The van der Waals surface area contributed by atoms with Crippen molar-refractivity contribution >= 4 is 40.1 Å². The van der Waals surface area contributed by atoms with E-state index in [2.05, 4.69) is 47.1 Å². The van der Waals surface area contributed by atoms with Gasteiger partial charge in [0.2, 0.25) is 11.8 Å². The molecule has 1 N–H and O–H groups in total. The fourth-order valence-corrected chi connectivity index (χ4v) is 6.44. The lowest BCUT2D eigenvalue weighted by Gasteiger charge is -2.43. The first-order valence-electron chi connectivity index (χ1n) is 13.8. The molecule has 0 saturated carbocycles. The van der Waals surface area contributed by atoms with Crippen molar-refractivity contribution in [2.24, 2.45) is 5.92 Å². The zero-order valence-electron chi connectivity index (χ0n) is 23.5. The predicted octanol–water partition coefficient (Wildman–Crippen LogP) is 4.74. The van der Waals surface area contributed by atoms with E-state index in [1.807, 2.05) is 29.0 Å². The first-order valence-corrected chi connectivity index (χ1v) is 14.1. The minimum absolute atomic E-state index is 0.0241. The topological polar surface area (TPSA) is 90.4 Å². The number of carbonyl (C=O) groups is 2. The molecule has 208 valence electrons. The van der Waals surface area contributed by atoms with E-state index in [-0.39, 0.29) is 23.9 Å². The van der Waals surface area contributed by atoms with Gasteiger partial charge in [-0.25, -0.2) is 0 Å². The number of hydrogen-bond donors (Lipinski definition) is 1. The number of aromatic nitrogens is 4. The Kier molecular flexibility index (Phi) is 7.46. The summed E-state index contributed by atoms with van der Waals surface area (Å²) in [6.45, 7) is 17.1. The molecule has 39 heavy (non-hydrogen) atoms. The summed E-state index contributed by atoms with van der Waals surface area (Å²) < 4.78 is 2.15. The van der Waals surface area contributed by atoms with Crippen LogP contribution in [0.25, 0.3) is 22.0 Å². The first kappa shape index (κ1) is 27.2. The van der Waals surface area contributed by atoms with Gasteiger partial charge in [0.05, 0.1) is 28.8 Å². The van der Waals surface area contributed by atoms with Crippen LogP contribution in [0.2, 0.25) is 5.02 Å². The number of halogens is 1. The summed E-state index contributed by atoms with van der Waals surface area (Å²) in [7, 11) is 0. The van der Waals surface area contributed by atoms with Gasteiger partial charge in [0.1, 0.15) is 0 Å². The fourth-order valence-electron chi connectivity index (χ4n) is 6.19. The molecule has 1 atom stereocenters. The van der Waals surface area contributed by atoms with E-state index in [1.54, 1.807) is 6.92 Å². The number of H-pyrrole nitrogens is 1. The maximum absolute atomic E-state index is 12.3. The van der Waals surface area contributed by atoms with Crippen LogP contribution >= 0.6 is 11.6 Å². The third-order valence-corrected chi connectivity index (χ3v) is 8.94. The van der Waals surface area contributed by atoms with Gasteiger partial charge in [-0.05, 0) is 50.3 Å². The van der Waals surface area contributed by atoms with Gasteiger partial charge >= 0.3 is 0 Å². The summed E-state index contributed by atoms with van der Waals surface area (Å²) in [5.74, 6) is 1.28. The maximum atomic E-state index is 12.3. The second-order valence-corrected chi connectivity index (χ2v) is 11.6. The zero-order valence-corrected chi connectivity index (χ0v) is 24.3. The Morgan fingerprint density at radius 2 is 1.85 bits per heavy atom. The number of likely N-dealkylation sites (tertiary alicyclic amines) is 1. The summed E-state index contributed by atoms with van der Waals surface area (Å²) in [6.07, 6.45) is 4.85. The molecule has 2 amide bonds. The van der Waals surface area contributed by atoms with E-state index in [4.69, 9.17) is 16.7 Å². The molecule has 2 fully saturated rings. The predicted molar refractivity (Wildman–Crippen MR) is 155 cm³/mol. The second kappa shape index (κ2) is 10.7. The highest BCUT2D eigenvalue weighted by Crippen LogP contribution is 2.45. The minimum Gasteiger partial charge on any atom is -0.348 e. The number of aryl methyl sites for hydroxylation is 1. The van der Waals surface area contributed by atoms with Gasteiger partial charge in [0.15, 0.2) is 5.82 Å². The molecule has 2 aliphatic heterocycles. The lowest BCUT2D eigenvalue weighted by atomic mass is 9.95. The number of carbonyl (C=O) groups excluding carboxylic acids is 2. The molecule has 0 aliphatic carbocycles. The highest BCUT2D eigenvalue weighted by atomic mass is 35.5. The molecule has 0 bridgehead atoms. The molecule has 0 unspecified atom stereocenters. The summed E-state index contributed by atoms with van der Waals surface area (Å²) in [5, 5.41) is 14.4. The highest BCUT2D eigenvalue weighted by molar-refractivity contribution is 6.36. The van der Waals surface area contributed by atoms with Gasteiger partial charge in [-0.3, -0.25) is 19.4 Å². The van der Waals surface area contributed by atoms with E-state index in [0.717, 1.165) is 51.9 Å². The molecule has 3 aromatic rings. The normalized spacial score (nSPS) is 18.8. The average molecular weight is 552 g/mol. The highest BCUT2D eigenvalue weighted by Gasteiger charge is 2.36. The Hall–Kier alpha value is -3.33. The number of fused-ring (bicyclic) bond motifs is 1. The number of rotatable bonds is 5. The molecular weight excluding hydrogens is 514 g/mol. The maximum Gasteiger partial charge on any atom is 0.245 e. The number of nitrogens with zero attached hydrogens (tertiary/aromatic N) is 6. The van der Waals surface area contributed by atoms with Gasteiger partial charge in [0, 0.05) is 61.9 Å². The molecule has 2 aromatic heterocycles. The largest absolute Gasteiger partial charge is 0.348 e. The van der Waals surface area contributed by atoms with Crippen LogP contribution in [0.5, 0.6) is 0 Å². The SMILES string of the molecule is C=CC(=O)N1CCC(n2nc(N3CCN(C(C)=O)C[C@@H]3C(C)C)c(-c3c(Cl)c(C)cc4[nH]ncc34)c2C)CC1. The van der Waals surface area contributed by atoms with Crippen LogP contribution < -0.4 is 4.90 Å². The van der Waals surface area contributed by atoms with Crippen molar-refractivity contribution in [3.63, 3.8) is 0 Å². The summed E-state index contributed by atoms with van der Waals surface area (Å²) >= 11 is 7.07. The number of amides is 2. The lowest BCUT2D eigenvalue weighted by Crippen LogP contribution is -2.56. The van der Waals surface area contributed by atoms with Crippen molar-refractivity contribution in [1.82, 2.24) is 29.8 Å². The second-order valence-electron chi connectivity index (χ2n) is 11.2. The third kappa shape index (κ3) is 4.81. The van der Waals surface area contributed by atoms with Crippen LogP contribution in [0, 0.1) is 19.8 Å². The zero-order chi connectivity index (χ0) is 28.0. The third-order valence-electron chi connectivity index (χ3n) is 8.45. The van der Waals surface area contributed by atoms with E-state index in [1.165, 1.54) is 6.08 Å². The van der Waals surface area contributed by atoms with Crippen LogP contribution in [0.4, 0.5) is 5.82 Å². The van der Waals surface area contributed by atoms with E-state index in [9.17, 15) is 9.59 Å². The number of piperazine rings is 1. The van der Waals surface area contributed by atoms with Crippen molar-refractivity contribution < 1.29 is 9.59 Å². The van der Waals surface area contributed by atoms with Crippen molar-refractivity contribution in [2.45, 2.75) is 59.5 Å². The van der Waals surface area contributed by atoms with Crippen LogP contribution in [-0.4, -0.2) is 80.4 Å². The molecule has 2 saturated heterocycles. The number of nitrogens with one attached hydrogen (secondary N) is 1. The molecule has 10 heteroatoms. The van der Waals surface area contributed by atoms with E-state index in [0.29, 0.717) is 43.7 Å². The monoisotopic (exact) mass is 551 g/mol. The van der Waals surface area contributed by atoms with Crippen LogP contribution in [-0.2, 0) is 9.59 Å². The van der Waals surface area contributed by atoms with Gasteiger partial charge in [-0.1, -0.05) is 32.0 Å². The molecule has 0 radical (unpaired) electrons. The molecule has 4 heterocycles. The Balaban J connectivity index is 1.65. The van der Waals surface area contributed by atoms with Gasteiger partial charge in [-0.2, -0.15) is 10.2 Å².